The zero-order chi connectivity index (χ0) is 22.9. The number of amides is 3. The molecule has 3 rings (SSSR count). The first-order chi connectivity index (χ1) is 15.5. The summed E-state index contributed by atoms with van der Waals surface area (Å²) < 4.78 is 11.3. The maximum atomic E-state index is 13.0. The average molecular weight is 446 g/mol. The van der Waals surface area contributed by atoms with Gasteiger partial charge in [-0.2, -0.15) is 0 Å². The molecule has 176 valence electrons. The summed E-state index contributed by atoms with van der Waals surface area (Å²) in [5.41, 5.74) is 1.15. The standard InChI is InChI=1S/C24H35N3O5/c1-3-25(4-2)23(29)18-32-21-14-26(12-10-19-8-6-5-7-9-19)22(28)16-27(15-21)24(30)20-11-13-31-17-20/h5-9,20-21H,3-4,10-18H2,1-2H3/t20-,21+/m0/s1. The van der Waals surface area contributed by atoms with Gasteiger partial charge in [0.2, 0.25) is 17.7 Å². The van der Waals surface area contributed by atoms with Crippen LogP contribution in [0, 0.1) is 5.92 Å². The molecule has 0 bridgehead atoms. The third-order valence-corrected chi connectivity index (χ3v) is 6.19. The van der Waals surface area contributed by atoms with Crippen LogP contribution in [0.1, 0.15) is 25.8 Å². The van der Waals surface area contributed by atoms with Crippen LogP contribution in [-0.2, 0) is 30.3 Å². The van der Waals surface area contributed by atoms with Crippen molar-refractivity contribution in [1.29, 1.82) is 0 Å². The summed E-state index contributed by atoms with van der Waals surface area (Å²) >= 11 is 0. The minimum atomic E-state index is -0.414. The predicted octanol–water partition coefficient (Wildman–Crippen LogP) is 1.19. The van der Waals surface area contributed by atoms with Crippen molar-refractivity contribution >= 4 is 17.7 Å². The lowest BCUT2D eigenvalue weighted by molar-refractivity contribution is -0.142. The summed E-state index contributed by atoms with van der Waals surface area (Å²) in [7, 11) is 0. The van der Waals surface area contributed by atoms with Gasteiger partial charge in [0.25, 0.3) is 0 Å². The molecule has 2 fully saturated rings. The topological polar surface area (TPSA) is 79.4 Å². The first kappa shape index (κ1) is 24.2. The van der Waals surface area contributed by atoms with Crippen LogP contribution in [0.15, 0.2) is 30.3 Å². The molecular formula is C24H35N3O5. The molecule has 2 heterocycles. The molecule has 2 atom stereocenters. The SMILES string of the molecule is CCN(CC)C(=O)CO[C@@H]1CN(CCc2ccccc2)C(=O)CN(C(=O)[C@H]2CCOC2)C1. The lowest BCUT2D eigenvalue weighted by Gasteiger charge is -2.27. The molecule has 0 spiro atoms. The van der Waals surface area contributed by atoms with Crippen LogP contribution >= 0.6 is 0 Å². The molecule has 8 nitrogen and oxygen atoms in total. The fourth-order valence-electron chi connectivity index (χ4n) is 4.22. The van der Waals surface area contributed by atoms with E-state index in [0.717, 1.165) is 12.0 Å². The summed E-state index contributed by atoms with van der Waals surface area (Å²) in [6, 6.07) is 10.0. The van der Waals surface area contributed by atoms with E-state index in [1.807, 2.05) is 44.2 Å². The molecule has 1 aromatic rings. The lowest BCUT2D eigenvalue weighted by Crippen LogP contribution is -2.43. The second kappa shape index (κ2) is 12.0. The summed E-state index contributed by atoms with van der Waals surface area (Å²) in [5, 5.41) is 0. The van der Waals surface area contributed by atoms with E-state index in [1.54, 1.807) is 14.7 Å². The molecule has 2 aliphatic heterocycles. The number of carbonyl (C=O) groups is 3. The number of carbonyl (C=O) groups excluding carboxylic acids is 3. The molecule has 0 aromatic heterocycles. The van der Waals surface area contributed by atoms with E-state index in [2.05, 4.69) is 0 Å². The highest BCUT2D eigenvalue weighted by Crippen LogP contribution is 2.18. The molecule has 8 heteroatoms. The van der Waals surface area contributed by atoms with E-state index in [9.17, 15) is 14.4 Å². The number of hydrogen-bond donors (Lipinski definition) is 0. The molecule has 3 amide bonds. The van der Waals surface area contributed by atoms with Crippen LogP contribution in [0.3, 0.4) is 0 Å². The molecular weight excluding hydrogens is 410 g/mol. The predicted molar refractivity (Wildman–Crippen MR) is 120 cm³/mol. The van der Waals surface area contributed by atoms with E-state index in [0.29, 0.717) is 52.4 Å². The molecule has 0 N–H and O–H groups in total. The monoisotopic (exact) mass is 445 g/mol. The van der Waals surface area contributed by atoms with Crippen molar-refractivity contribution in [2.75, 3.05) is 59.1 Å². The highest BCUT2D eigenvalue weighted by molar-refractivity contribution is 5.86. The second-order valence-electron chi connectivity index (χ2n) is 8.35. The van der Waals surface area contributed by atoms with Gasteiger partial charge in [-0.1, -0.05) is 30.3 Å². The lowest BCUT2D eigenvalue weighted by atomic mass is 10.1. The summed E-state index contributed by atoms with van der Waals surface area (Å²) in [5.74, 6) is -0.445. The first-order valence-electron chi connectivity index (χ1n) is 11.6. The Kier molecular flexibility index (Phi) is 9.05. The van der Waals surface area contributed by atoms with Crippen LogP contribution in [0.25, 0.3) is 0 Å². The number of rotatable bonds is 9. The van der Waals surface area contributed by atoms with Crippen LogP contribution in [0.2, 0.25) is 0 Å². The van der Waals surface area contributed by atoms with Crippen LogP contribution < -0.4 is 0 Å². The Morgan fingerprint density at radius 3 is 2.56 bits per heavy atom. The summed E-state index contributed by atoms with van der Waals surface area (Å²) in [6.07, 6.45) is 0.984. The van der Waals surface area contributed by atoms with Gasteiger partial charge in [-0.3, -0.25) is 14.4 Å². The number of ether oxygens (including phenoxy) is 2. The van der Waals surface area contributed by atoms with Gasteiger partial charge >= 0.3 is 0 Å². The van der Waals surface area contributed by atoms with Gasteiger partial charge in [-0.25, -0.2) is 0 Å². The van der Waals surface area contributed by atoms with Gasteiger partial charge in [0.05, 0.1) is 25.2 Å². The zero-order valence-electron chi connectivity index (χ0n) is 19.2. The highest BCUT2D eigenvalue weighted by atomic mass is 16.5. The minimum absolute atomic E-state index is 0.0357. The van der Waals surface area contributed by atoms with Gasteiger partial charge in [-0.05, 0) is 32.3 Å². The Hall–Kier alpha value is -2.45. The van der Waals surface area contributed by atoms with E-state index >= 15 is 0 Å². The Morgan fingerprint density at radius 2 is 1.91 bits per heavy atom. The Bertz CT molecular complexity index is 762. The van der Waals surface area contributed by atoms with E-state index < -0.39 is 6.10 Å². The second-order valence-corrected chi connectivity index (χ2v) is 8.35. The van der Waals surface area contributed by atoms with E-state index in [-0.39, 0.29) is 36.8 Å². The van der Waals surface area contributed by atoms with Crippen molar-refractivity contribution in [3.63, 3.8) is 0 Å². The first-order valence-corrected chi connectivity index (χ1v) is 11.6. The third-order valence-electron chi connectivity index (χ3n) is 6.19. The van der Waals surface area contributed by atoms with Gasteiger partial charge < -0.3 is 24.2 Å². The zero-order valence-corrected chi connectivity index (χ0v) is 19.2. The largest absolute Gasteiger partial charge is 0.381 e. The fourth-order valence-corrected chi connectivity index (χ4v) is 4.22. The fraction of sp³-hybridized carbons (Fsp3) is 0.625. The van der Waals surface area contributed by atoms with Crippen molar-refractivity contribution < 1.29 is 23.9 Å². The third kappa shape index (κ3) is 6.53. The molecule has 2 aliphatic rings. The average Bonchev–Trinajstić information content (AvgIpc) is 3.29. The van der Waals surface area contributed by atoms with Crippen LogP contribution in [0.4, 0.5) is 0 Å². The van der Waals surface area contributed by atoms with Crippen molar-refractivity contribution in [3.8, 4) is 0 Å². The Balaban J connectivity index is 1.68. The Morgan fingerprint density at radius 1 is 1.16 bits per heavy atom. The normalized spacial score (nSPS) is 21.5. The number of benzene rings is 1. The minimum Gasteiger partial charge on any atom is -0.381 e. The van der Waals surface area contributed by atoms with Crippen molar-refractivity contribution in [2.45, 2.75) is 32.8 Å². The molecule has 0 unspecified atom stereocenters. The highest BCUT2D eigenvalue weighted by Gasteiger charge is 2.35. The quantitative estimate of drug-likeness (QED) is 0.571. The van der Waals surface area contributed by atoms with Gasteiger partial charge in [0.1, 0.15) is 6.61 Å². The maximum Gasteiger partial charge on any atom is 0.248 e. The number of likely N-dealkylation sites (N-methyl/N-ethyl adjacent to an activating group) is 1. The van der Waals surface area contributed by atoms with Gasteiger partial charge in [-0.15, -0.1) is 0 Å². The van der Waals surface area contributed by atoms with E-state index in [4.69, 9.17) is 9.47 Å². The summed E-state index contributed by atoms with van der Waals surface area (Å²) in [4.78, 5) is 43.5. The Labute approximate surface area is 190 Å². The molecule has 1 aromatic carbocycles. The van der Waals surface area contributed by atoms with Crippen LogP contribution in [0.5, 0.6) is 0 Å². The molecule has 0 saturated carbocycles. The van der Waals surface area contributed by atoms with Crippen molar-refractivity contribution in [3.05, 3.63) is 35.9 Å². The molecule has 2 saturated heterocycles. The number of nitrogens with zero attached hydrogens (tertiary/aromatic N) is 3. The van der Waals surface area contributed by atoms with Crippen molar-refractivity contribution in [1.82, 2.24) is 14.7 Å². The molecule has 32 heavy (non-hydrogen) atoms. The number of hydrogen-bond acceptors (Lipinski definition) is 5. The summed E-state index contributed by atoms with van der Waals surface area (Å²) in [6.45, 7) is 7.26. The van der Waals surface area contributed by atoms with Crippen molar-refractivity contribution in [2.24, 2.45) is 5.92 Å². The maximum absolute atomic E-state index is 13.0. The van der Waals surface area contributed by atoms with Gasteiger partial charge in [0.15, 0.2) is 0 Å². The molecule has 0 radical (unpaired) electrons. The smallest absolute Gasteiger partial charge is 0.248 e. The van der Waals surface area contributed by atoms with Gasteiger partial charge in [0, 0.05) is 39.3 Å². The van der Waals surface area contributed by atoms with E-state index in [1.165, 1.54) is 0 Å². The van der Waals surface area contributed by atoms with Crippen LogP contribution in [-0.4, -0.2) is 97.6 Å². The molecule has 0 aliphatic carbocycles.